The van der Waals surface area contributed by atoms with E-state index in [1.165, 1.54) is 0 Å². The molecule has 0 N–H and O–H groups in total. The van der Waals surface area contributed by atoms with Crippen LogP contribution >= 0.6 is 34.8 Å². The first-order chi connectivity index (χ1) is 2.94. The van der Waals surface area contributed by atoms with Crippen LogP contribution in [0.5, 0.6) is 0 Å². The fourth-order valence-electron chi connectivity index (χ4n) is 0. The zero-order valence-corrected chi connectivity index (χ0v) is 6.48. The standard InChI is InChI=1S/C4H7Cl3/c1-4(2,7)3(5)6/h3H,1-2H3. The zero-order valence-electron chi connectivity index (χ0n) is 4.21. The van der Waals surface area contributed by atoms with Gasteiger partial charge in [0.05, 0.1) is 4.87 Å². The van der Waals surface area contributed by atoms with Crippen LogP contribution in [0.3, 0.4) is 0 Å². The zero-order chi connectivity index (χ0) is 6.08. The third-order valence-corrected chi connectivity index (χ3v) is 2.05. The third kappa shape index (κ3) is 3.45. The second-order valence-corrected chi connectivity index (χ2v) is 3.94. The molecule has 44 valence electrons. The Bertz CT molecular complexity index is 52.4. The van der Waals surface area contributed by atoms with Crippen LogP contribution in [-0.4, -0.2) is 9.71 Å². The van der Waals surface area contributed by atoms with Crippen molar-refractivity contribution in [2.45, 2.75) is 23.6 Å². The van der Waals surface area contributed by atoms with Crippen molar-refractivity contribution in [3.8, 4) is 0 Å². The van der Waals surface area contributed by atoms with Gasteiger partial charge in [0, 0.05) is 0 Å². The lowest BCUT2D eigenvalue weighted by Gasteiger charge is -2.15. The van der Waals surface area contributed by atoms with Gasteiger partial charge < -0.3 is 0 Å². The highest BCUT2D eigenvalue weighted by molar-refractivity contribution is 6.49. The summed E-state index contributed by atoms with van der Waals surface area (Å²) in [6.07, 6.45) is 0. The third-order valence-electron chi connectivity index (χ3n) is 0.519. The number of hydrogen-bond acceptors (Lipinski definition) is 0. The summed E-state index contributed by atoms with van der Waals surface area (Å²) < 4.78 is 0. The molecule has 3 heteroatoms. The summed E-state index contributed by atoms with van der Waals surface area (Å²) in [6.45, 7) is 3.53. The maximum atomic E-state index is 5.60. The summed E-state index contributed by atoms with van der Waals surface area (Å²) in [5.74, 6) is 0. The molecule has 0 aliphatic carbocycles. The van der Waals surface area contributed by atoms with E-state index in [1.54, 1.807) is 13.8 Å². The van der Waals surface area contributed by atoms with Crippen LogP contribution in [0, 0.1) is 0 Å². The molecule has 0 spiro atoms. The van der Waals surface area contributed by atoms with Gasteiger partial charge in [0.1, 0.15) is 4.84 Å². The molecule has 0 heterocycles. The van der Waals surface area contributed by atoms with Crippen LogP contribution < -0.4 is 0 Å². The molecule has 0 saturated heterocycles. The normalized spacial score (nSPS) is 12.9. The van der Waals surface area contributed by atoms with E-state index in [0.29, 0.717) is 0 Å². The van der Waals surface area contributed by atoms with Gasteiger partial charge in [-0.1, -0.05) is 0 Å². The molecule has 0 amide bonds. The summed E-state index contributed by atoms with van der Waals surface area (Å²) in [5, 5.41) is 0. The topological polar surface area (TPSA) is 0 Å². The molecule has 0 saturated carbocycles. The Kier molecular flexibility index (Phi) is 2.73. The predicted octanol–water partition coefficient (Wildman–Crippen LogP) is 2.81. The maximum Gasteiger partial charge on any atom is 0.126 e. The van der Waals surface area contributed by atoms with Crippen molar-refractivity contribution < 1.29 is 0 Å². The molecule has 0 aliphatic heterocycles. The largest absolute Gasteiger partial charge is 0.126 e. The number of alkyl halides is 3. The van der Waals surface area contributed by atoms with Gasteiger partial charge in [-0.05, 0) is 13.8 Å². The van der Waals surface area contributed by atoms with Crippen molar-refractivity contribution in [3.63, 3.8) is 0 Å². The molecule has 0 nitrogen and oxygen atoms in total. The summed E-state index contributed by atoms with van der Waals surface area (Å²) in [5.41, 5.74) is 0. The van der Waals surface area contributed by atoms with E-state index in [1.807, 2.05) is 0 Å². The summed E-state index contributed by atoms with van der Waals surface area (Å²) in [6, 6.07) is 0. The first kappa shape index (κ1) is 7.87. The molecule has 0 bridgehead atoms. The van der Waals surface area contributed by atoms with Gasteiger partial charge >= 0.3 is 0 Å². The molecule has 0 atom stereocenters. The molecule has 0 unspecified atom stereocenters. The van der Waals surface area contributed by atoms with Crippen molar-refractivity contribution >= 4 is 34.8 Å². The molecule has 0 radical (unpaired) electrons. The van der Waals surface area contributed by atoms with E-state index in [-0.39, 0.29) is 0 Å². The molecular weight excluding hydrogens is 154 g/mol. The van der Waals surface area contributed by atoms with Gasteiger partial charge in [-0.15, -0.1) is 34.8 Å². The molecular formula is C4H7Cl3. The van der Waals surface area contributed by atoms with E-state index < -0.39 is 9.71 Å². The van der Waals surface area contributed by atoms with E-state index in [9.17, 15) is 0 Å². The van der Waals surface area contributed by atoms with Gasteiger partial charge in [0.15, 0.2) is 0 Å². The molecule has 0 aliphatic rings. The van der Waals surface area contributed by atoms with Crippen molar-refractivity contribution in [3.05, 3.63) is 0 Å². The Balaban J connectivity index is 3.54. The summed E-state index contributed by atoms with van der Waals surface area (Å²) in [4.78, 5) is -0.988. The molecule has 0 aromatic rings. The van der Waals surface area contributed by atoms with Crippen LogP contribution in [0.4, 0.5) is 0 Å². The highest BCUT2D eigenvalue weighted by atomic mass is 35.5. The van der Waals surface area contributed by atoms with Crippen molar-refractivity contribution in [2.75, 3.05) is 0 Å². The van der Waals surface area contributed by atoms with Crippen LogP contribution in [0.1, 0.15) is 13.8 Å². The minimum Gasteiger partial charge on any atom is -0.117 e. The molecule has 7 heavy (non-hydrogen) atoms. The predicted molar refractivity (Wildman–Crippen MR) is 35.4 cm³/mol. The van der Waals surface area contributed by atoms with Gasteiger partial charge in [-0.3, -0.25) is 0 Å². The Morgan fingerprint density at radius 3 is 1.43 bits per heavy atom. The smallest absolute Gasteiger partial charge is 0.117 e. The average molecular weight is 161 g/mol. The van der Waals surface area contributed by atoms with Crippen LogP contribution in [-0.2, 0) is 0 Å². The molecule has 0 aromatic heterocycles. The minimum absolute atomic E-state index is 0.492. The van der Waals surface area contributed by atoms with Gasteiger partial charge in [0.25, 0.3) is 0 Å². The molecule has 0 aromatic carbocycles. The average Bonchev–Trinajstić information content (AvgIpc) is 1.31. The highest BCUT2D eigenvalue weighted by Crippen LogP contribution is 2.25. The SMILES string of the molecule is CC(C)(Cl)C(Cl)Cl. The Labute approximate surface area is 58.7 Å². The van der Waals surface area contributed by atoms with E-state index in [2.05, 4.69) is 0 Å². The first-order valence-corrected chi connectivity index (χ1v) is 3.16. The summed E-state index contributed by atoms with van der Waals surface area (Å²) in [7, 11) is 0. The van der Waals surface area contributed by atoms with Crippen molar-refractivity contribution in [1.82, 2.24) is 0 Å². The monoisotopic (exact) mass is 160 g/mol. The Morgan fingerprint density at radius 2 is 1.43 bits per heavy atom. The van der Waals surface area contributed by atoms with Gasteiger partial charge in [-0.25, -0.2) is 0 Å². The first-order valence-electron chi connectivity index (χ1n) is 1.91. The van der Waals surface area contributed by atoms with E-state index in [0.717, 1.165) is 0 Å². The van der Waals surface area contributed by atoms with Crippen molar-refractivity contribution in [2.24, 2.45) is 0 Å². The quantitative estimate of drug-likeness (QED) is 0.519. The second kappa shape index (κ2) is 2.43. The number of rotatable bonds is 1. The second-order valence-electron chi connectivity index (χ2n) is 1.87. The molecule has 0 rings (SSSR count). The number of halogens is 3. The number of hydrogen-bond donors (Lipinski definition) is 0. The van der Waals surface area contributed by atoms with Gasteiger partial charge in [-0.2, -0.15) is 0 Å². The van der Waals surface area contributed by atoms with Crippen LogP contribution in [0.25, 0.3) is 0 Å². The minimum atomic E-state index is -0.497. The fourth-order valence-corrected chi connectivity index (χ4v) is 0. The van der Waals surface area contributed by atoms with Crippen LogP contribution in [0.2, 0.25) is 0 Å². The maximum absolute atomic E-state index is 5.60. The molecule has 0 fully saturated rings. The van der Waals surface area contributed by atoms with E-state index >= 15 is 0 Å². The van der Waals surface area contributed by atoms with E-state index in [4.69, 9.17) is 34.8 Å². The van der Waals surface area contributed by atoms with Crippen LogP contribution in [0.15, 0.2) is 0 Å². The lowest BCUT2D eigenvalue weighted by Crippen LogP contribution is -2.19. The highest BCUT2D eigenvalue weighted by Gasteiger charge is 2.21. The fraction of sp³-hybridized carbons (Fsp3) is 1.00. The van der Waals surface area contributed by atoms with Crippen molar-refractivity contribution in [1.29, 1.82) is 0 Å². The lowest BCUT2D eigenvalue weighted by molar-refractivity contribution is 0.758. The summed E-state index contributed by atoms with van der Waals surface area (Å²) >= 11 is 16.4. The Morgan fingerprint density at radius 1 is 1.29 bits per heavy atom. The Hall–Kier alpha value is 0.870. The van der Waals surface area contributed by atoms with Gasteiger partial charge in [0.2, 0.25) is 0 Å². The lowest BCUT2D eigenvalue weighted by atomic mass is 10.2.